The van der Waals surface area contributed by atoms with Crippen molar-refractivity contribution in [2.24, 2.45) is 0 Å². The monoisotopic (exact) mass is 596 g/mol. The van der Waals surface area contributed by atoms with Crippen molar-refractivity contribution in [3.8, 4) is 5.75 Å². The van der Waals surface area contributed by atoms with Gasteiger partial charge in [0.15, 0.2) is 0 Å². The molecule has 3 aromatic carbocycles. The third kappa shape index (κ3) is 5.30. The molecule has 0 radical (unpaired) electrons. The van der Waals surface area contributed by atoms with Gasteiger partial charge in [-0.25, -0.2) is 14.5 Å². The lowest BCUT2D eigenvalue weighted by molar-refractivity contribution is -0.122. The zero-order valence-electron chi connectivity index (χ0n) is 19.4. The summed E-state index contributed by atoms with van der Waals surface area (Å²) in [6.07, 6.45) is 1.44. The van der Waals surface area contributed by atoms with E-state index in [4.69, 9.17) is 9.84 Å². The highest BCUT2D eigenvalue weighted by molar-refractivity contribution is 14.1. The van der Waals surface area contributed by atoms with E-state index in [0.717, 1.165) is 25.2 Å². The van der Waals surface area contributed by atoms with Gasteiger partial charge in [-0.05, 0) is 101 Å². The van der Waals surface area contributed by atoms with Crippen LogP contribution in [-0.2, 0) is 16.2 Å². The molecule has 1 heterocycles. The average Bonchev–Trinajstić information content (AvgIpc) is 2.83. The smallest absolute Gasteiger partial charge is 0.335 e. The summed E-state index contributed by atoms with van der Waals surface area (Å²) in [5.74, 6) is -1.86. The summed E-state index contributed by atoms with van der Waals surface area (Å²) >= 11 is 2.09. The van der Waals surface area contributed by atoms with Crippen LogP contribution in [0.3, 0.4) is 0 Å². The van der Waals surface area contributed by atoms with Gasteiger partial charge in [0.2, 0.25) is 0 Å². The number of nitrogens with zero attached hydrogens (tertiary/aromatic N) is 1. The molecule has 0 atom stereocenters. The molecule has 8 nitrogen and oxygen atoms in total. The lowest BCUT2D eigenvalue weighted by atomic mass is 10.1. The van der Waals surface area contributed by atoms with Crippen molar-refractivity contribution in [2.75, 3.05) is 4.90 Å². The van der Waals surface area contributed by atoms with E-state index >= 15 is 0 Å². The second-order valence-electron chi connectivity index (χ2n) is 8.21. The first-order valence-electron chi connectivity index (χ1n) is 10.9. The molecule has 4 amide bonds. The van der Waals surface area contributed by atoms with E-state index in [1.54, 1.807) is 42.5 Å². The average molecular weight is 596 g/mol. The fourth-order valence-electron chi connectivity index (χ4n) is 3.55. The molecular formula is C27H21IN2O6. The van der Waals surface area contributed by atoms with Crippen LogP contribution in [0.5, 0.6) is 5.75 Å². The third-order valence-corrected chi connectivity index (χ3v) is 6.56. The molecule has 0 saturated carbocycles. The van der Waals surface area contributed by atoms with Gasteiger partial charge in [-0.15, -0.1) is 0 Å². The lowest BCUT2D eigenvalue weighted by Crippen LogP contribution is -2.54. The van der Waals surface area contributed by atoms with Crippen LogP contribution >= 0.6 is 22.6 Å². The number of amides is 4. The van der Waals surface area contributed by atoms with Crippen LogP contribution < -0.4 is 15.0 Å². The van der Waals surface area contributed by atoms with E-state index in [-0.39, 0.29) is 17.7 Å². The minimum Gasteiger partial charge on any atom is -0.488 e. The molecule has 1 aliphatic rings. The van der Waals surface area contributed by atoms with E-state index in [1.165, 1.54) is 18.2 Å². The Morgan fingerprint density at radius 2 is 1.72 bits per heavy atom. The first-order chi connectivity index (χ1) is 17.1. The van der Waals surface area contributed by atoms with Gasteiger partial charge in [-0.2, -0.15) is 0 Å². The van der Waals surface area contributed by atoms with Gasteiger partial charge in [0, 0.05) is 0 Å². The summed E-state index contributed by atoms with van der Waals surface area (Å²) in [4.78, 5) is 50.0. The Labute approximate surface area is 220 Å². The molecule has 3 aromatic rings. The van der Waals surface area contributed by atoms with Crippen molar-refractivity contribution >= 4 is 58.2 Å². The van der Waals surface area contributed by atoms with Crippen LogP contribution in [0, 0.1) is 17.4 Å². The molecule has 0 spiro atoms. The summed E-state index contributed by atoms with van der Waals surface area (Å²) in [6, 6.07) is 16.0. The number of carbonyl (C=O) groups excluding carboxylic acids is 3. The maximum Gasteiger partial charge on any atom is 0.335 e. The zero-order chi connectivity index (χ0) is 26.0. The van der Waals surface area contributed by atoms with Crippen molar-refractivity contribution in [2.45, 2.75) is 20.5 Å². The number of urea groups is 1. The fourth-order valence-corrected chi connectivity index (χ4v) is 4.25. The van der Waals surface area contributed by atoms with Crippen molar-refractivity contribution < 1.29 is 29.0 Å². The quantitative estimate of drug-likeness (QED) is 0.239. The second kappa shape index (κ2) is 10.3. The number of carboxylic acids is 1. The Bertz CT molecular complexity index is 1430. The predicted molar refractivity (Wildman–Crippen MR) is 142 cm³/mol. The predicted octanol–water partition coefficient (Wildman–Crippen LogP) is 4.85. The van der Waals surface area contributed by atoms with Gasteiger partial charge in [0.1, 0.15) is 17.9 Å². The van der Waals surface area contributed by atoms with Crippen molar-refractivity contribution in [1.29, 1.82) is 0 Å². The Morgan fingerprint density at radius 3 is 2.36 bits per heavy atom. The maximum absolute atomic E-state index is 13.1. The number of aromatic carboxylic acids is 1. The molecule has 36 heavy (non-hydrogen) atoms. The second-order valence-corrected chi connectivity index (χ2v) is 9.37. The molecular weight excluding hydrogens is 575 g/mol. The van der Waals surface area contributed by atoms with Crippen molar-refractivity contribution in [3.05, 3.63) is 97.6 Å². The first kappa shape index (κ1) is 25.1. The number of carbonyl (C=O) groups is 4. The Kier molecular flexibility index (Phi) is 7.20. The molecule has 0 unspecified atom stereocenters. The van der Waals surface area contributed by atoms with Gasteiger partial charge in [-0.3, -0.25) is 14.9 Å². The molecule has 0 bridgehead atoms. The Hall–Kier alpha value is -3.99. The lowest BCUT2D eigenvalue weighted by Gasteiger charge is -2.26. The van der Waals surface area contributed by atoms with Crippen LogP contribution in [0.4, 0.5) is 10.5 Å². The van der Waals surface area contributed by atoms with E-state index in [9.17, 15) is 19.2 Å². The minimum atomic E-state index is -0.992. The summed E-state index contributed by atoms with van der Waals surface area (Å²) in [6.45, 7) is 4.05. The number of hydrogen-bond acceptors (Lipinski definition) is 5. The summed E-state index contributed by atoms with van der Waals surface area (Å²) in [5, 5.41) is 11.2. The van der Waals surface area contributed by atoms with E-state index in [0.29, 0.717) is 17.0 Å². The molecule has 0 aliphatic carbocycles. The largest absolute Gasteiger partial charge is 0.488 e. The summed E-state index contributed by atoms with van der Waals surface area (Å²) in [7, 11) is 0. The number of rotatable bonds is 6. The van der Waals surface area contributed by atoms with Crippen LogP contribution in [-0.4, -0.2) is 28.9 Å². The molecule has 9 heteroatoms. The molecule has 1 aliphatic heterocycles. The maximum atomic E-state index is 13.1. The number of aryl methyl sites for hydroxylation is 2. The zero-order valence-corrected chi connectivity index (χ0v) is 21.5. The van der Waals surface area contributed by atoms with Crippen molar-refractivity contribution in [1.82, 2.24) is 5.32 Å². The first-order valence-corrected chi connectivity index (χ1v) is 11.9. The summed E-state index contributed by atoms with van der Waals surface area (Å²) in [5.41, 5.74) is 3.76. The third-order valence-electron chi connectivity index (χ3n) is 5.71. The number of imide groups is 2. The van der Waals surface area contributed by atoms with E-state index in [2.05, 4.69) is 27.9 Å². The number of carboxylic acid groups (broad SMARTS) is 1. The number of barbiturate groups is 1. The molecule has 2 N–H and O–H groups in total. The minimum absolute atomic E-state index is 0.157. The number of halogens is 1. The normalized spacial score (nSPS) is 14.7. The molecule has 4 rings (SSSR count). The molecule has 0 aromatic heterocycles. The molecule has 1 saturated heterocycles. The fraction of sp³-hybridized carbons (Fsp3) is 0.111. The highest BCUT2D eigenvalue weighted by Crippen LogP contribution is 2.27. The number of benzene rings is 3. The number of anilines is 1. The van der Waals surface area contributed by atoms with Crippen LogP contribution in [0.2, 0.25) is 0 Å². The van der Waals surface area contributed by atoms with Gasteiger partial charge in [-0.1, -0.05) is 24.3 Å². The van der Waals surface area contributed by atoms with Crippen LogP contribution in [0.25, 0.3) is 6.08 Å². The standard InChI is InChI=1S/C27H21IN2O6/c1-15-3-9-20(11-16(15)2)30-25(32)21(24(31)29-27(30)35)12-18-6-10-23(22(28)13-18)36-14-17-4-7-19(8-5-17)26(33)34/h3-13H,14H2,1-2H3,(H,33,34)(H,29,31,35)/b21-12+. The highest BCUT2D eigenvalue weighted by Gasteiger charge is 2.36. The van der Waals surface area contributed by atoms with Gasteiger partial charge >= 0.3 is 12.0 Å². The Balaban J connectivity index is 1.53. The SMILES string of the molecule is Cc1ccc(N2C(=O)NC(=O)/C(=C\c3ccc(OCc4ccc(C(=O)O)cc4)c(I)c3)C2=O)cc1C. The van der Waals surface area contributed by atoms with Crippen molar-refractivity contribution in [3.63, 3.8) is 0 Å². The summed E-state index contributed by atoms with van der Waals surface area (Å²) < 4.78 is 6.59. The highest BCUT2D eigenvalue weighted by atomic mass is 127. The van der Waals surface area contributed by atoms with Gasteiger partial charge in [0.25, 0.3) is 11.8 Å². The van der Waals surface area contributed by atoms with Gasteiger partial charge in [0.05, 0.1) is 14.8 Å². The van der Waals surface area contributed by atoms with Gasteiger partial charge < -0.3 is 9.84 Å². The number of hydrogen-bond donors (Lipinski definition) is 2. The number of nitrogens with one attached hydrogen (secondary N) is 1. The van der Waals surface area contributed by atoms with E-state index in [1.807, 2.05) is 19.9 Å². The topological polar surface area (TPSA) is 113 Å². The molecule has 182 valence electrons. The number of ether oxygens (including phenoxy) is 1. The Morgan fingerprint density at radius 1 is 1.00 bits per heavy atom. The van der Waals surface area contributed by atoms with E-state index < -0.39 is 23.8 Å². The molecule has 1 fully saturated rings. The van der Waals surface area contributed by atoms with Crippen LogP contribution in [0.1, 0.15) is 32.6 Å². The van der Waals surface area contributed by atoms with Crippen LogP contribution in [0.15, 0.2) is 66.2 Å².